The van der Waals surface area contributed by atoms with E-state index in [1.807, 2.05) is 6.07 Å². The molecule has 7 heteroatoms. The van der Waals surface area contributed by atoms with Crippen LogP contribution in [-0.4, -0.2) is 23.9 Å². The van der Waals surface area contributed by atoms with Crippen molar-refractivity contribution >= 4 is 21.6 Å². The molecule has 1 atom stereocenters. The number of hydrogen-bond acceptors (Lipinski definition) is 3. The normalized spacial score (nSPS) is 12.9. The second-order valence-electron chi connectivity index (χ2n) is 3.21. The van der Waals surface area contributed by atoms with E-state index in [1.54, 1.807) is 12.1 Å². The molecule has 0 aliphatic heterocycles. The Hall–Kier alpha value is -1.26. The second-order valence-corrected chi connectivity index (χ2v) is 4.07. The first-order chi connectivity index (χ1) is 7.86. The van der Waals surface area contributed by atoms with Crippen LogP contribution in [0.5, 0.6) is 0 Å². The predicted molar refractivity (Wildman–Crippen MR) is 59.4 cm³/mol. The van der Waals surface area contributed by atoms with Gasteiger partial charge in [-0.2, -0.15) is 18.4 Å². The van der Waals surface area contributed by atoms with Crippen molar-refractivity contribution in [3.05, 3.63) is 28.2 Å². The average Bonchev–Trinajstić information content (AvgIpc) is 2.24. The third kappa shape index (κ3) is 3.61. The summed E-state index contributed by atoms with van der Waals surface area (Å²) < 4.78 is 36.6. The Labute approximate surface area is 104 Å². The first kappa shape index (κ1) is 13.8. The van der Waals surface area contributed by atoms with Gasteiger partial charge in [0.05, 0.1) is 11.3 Å². The van der Waals surface area contributed by atoms with Gasteiger partial charge >= 0.3 is 6.18 Å². The average molecular weight is 309 g/mol. The van der Waals surface area contributed by atoms with Gasteiger partial charge < -0.3 is 10.4 Å². The number of nitrogens with one attached hydrogen (secondary N) is 1. The Morgan fingerprint density at radius 1 is 1.47 bits per heavy atom. The maximum Gasteiger partial charge on any atom is 0.416 e. The van der Waals surface area contributed by atoms with E-state index in [4.69, 9.17) is 10.4 Å². The molecule has 17 heavy (non-hydrogen) atoms. The van der Waals surface area contributed by atoms with E-state index in [1.165, 1.54) is 6.07 Å². The van der Waals surface area contributed by atoms with Crippen molar-refractivity contribution in [2.45, 2.75) is 12.3 Å². The lowest BCUT2D eigenvalue weighted by molar-refractivity contribution is -0.198. The Bertz CT molecular complexity index is 442. The molecular formula is C10H8BrF3N2O. The van der Waals surface area contributed by atoms with Crippen LogP contribution in [0, 0.1) is 11.3 Å². The Kier molecular flexibility index (Phi) is 4.37. The lowest BCUT2D eigenvalue weighted by atomic mass is 10.2. The summed E-state index contributed by atoms with van der Waals surface area (Å²) in [6.07, 6.45) is -7.14. The largest absolute Gasteiger partial charge is 0.416 e. The first-order valence-corrected chi connectivity index (χ1v) is 5.33. The van der Waals surface area contributed by atoms with Gasteiger partial charge in [-0.3, -0.25) is 0 Å². The zero-order valence-corrected chi connectivity index (χ0v) is 10.0. The molecule has 0 saturated heterocycles. The molecule has 1 rings (SSSR count). The molecule has 0 bridgehead atoms. The van der Waals surface area contributed by atoms with Crippen molar-refractivity contribution in [1.29, 1.82) is 5.26 Å². The van der Waals surface area contributed by atoms with Crippen molar-refractivity contribution < 1.29 is 18.3 Å². The van der Waals surface area contributed by atoms with Crippen LogP contribution in [0.2, 0.25) is 0 Å². The lowest BCUT2D eigenvalue weighted by Gasteiger charge is -2.16. The fourth-order valence-corrected chi connectivity index (χ4v) is 1.56. The molecule has 0 aliphatic rings. The van der Waals surface area contributed by atoms with Gasteiger partial charge in [0.2, 0.25) is 0 Å². The SMILES string of the molecule is N#Cc1c(Br)cccc1NCC(O)C(F)(F)F. The van der Waals surface area contributed by atoms with Gasteiger partial charge in [-0.25, -0.2) is 0 Å². The number of halogens is 4. The zero-order chi connectivity index (χ0) is 13.1. The molecule has 1 aromatic carbocycles. The minimum absolute atomic E-state index is 0.196. The molecule has 0 heterocycles. The maximum absolute atomic E-state index is 12.0. The Morgan fingerprint density at radius 2 is 2.12 bits per heavy atom. The van der Waals surface area contributed by atoms with Crippen LogP contribution < -0.4 is 5.32 Å². The molecule has 92 valence electrons. The van der Waals surface area contributed by atoms with Crippen LogP contribution in [0.25, 0.3) is 0 Å². The first-order valence-electron chi connectivity index (χ1n) is 4.53. The molecule has 2 N–H and O–H groups in total. The maximum atomic E-state index is 12.0. The third-order valence-corrected chi connectivity index (χ3v) is 2.65. The number of aliphatic hydroxyl groups is 1. The van der Waals surface area contributed by atoms with Crippen molar-refractivity contribution in [2.24, 2.45) is 0 Å². The third-order valence-electron chi connectivity index (χ3n) is 1.99. The van der Waals surface area contributed by atoms with Gasteiger partial charge in [0.1, 0.15) is 6.07 Å². The molecule has 0 fully saturated rings. The van der Waals surface area contributed by atoms with E-state index in [0.717, 1.165) is 0 Å². The summed E-state index contributed by atoms with van der Waals surface area (Å²) in [5, 5.41) is 20.0. The summed E-state index contributed by atoms with van der Waals surface area (Å²) in [6.45, 7) is -0.700. The molecule has 0 saturated carbocycles. The number of alkyl halides is 3. The summed E-state index contributed by atoms with van der Waals surface area (Å²) in [5.41, 5.74) is 0.437. The minimum Gasteiger partial charge on any atom is -0.382 e. The quantitative estimate of drug-likeness (QED) is 0.902. The predicted octanol–water partition coefficient (Wildman–Crippen LogP) is 2.66. The molecule has 0 aliphatic carbocycles. The van der Waals surface area contributed by atoms with Gasteiger partial charge in [0.25, 0.3) is 0 Å². The van der Waals surface area contributed by atoms with Gasteiger partial charge in [0.15, 0.2) is 6.10 Å². The number of nitriles is 1. The van der Waals surface area contributed by atoms with Crippen LogP contribution in [0.1, 0.15) is 5.56 Å². The number of hydrogen-bond donors (Lipinski definition) is 2. The summed E-state index contributed by atoms with van der Waals surface area (Å²) in [4.78, 5) is 0. The van der Waals surface area contributed by atoms with E-state index in [-0.39, 0.29) is 11.3 Å². The molecule has 1 unspecified atom stereocenters. The van der Waals surface area contributed by atoms with Crippen LogP contribution in [0.3, 0.4) is 0 Å². The monoisotopic (exact) mass is 308 g/mol. The Balaban J connectivity index is 2.78. The van der Waals surface area contributed by atoms with Crippen molar-refractivity contribution in [2.75, 3.05) is 11.9 Å². The highest BCUT2D eigenvalue weighted by atomic mass is 79.9. The van der Waals surface area contributed by atoms with E-state index in [2.05, 4.69) is 21.2 Å². The zero-order valence-electron chi connectivity index (χ0n) is 8.42. The highest BCUT2D eigenvalue weighted by Crippen LogP contribution is 2.25. The summed E-state index contributed by atoms with van der Waals surface area (Å²) in [7, 11) is 0. The van der Waals surface area contributed by atoms with E-state index >= 15 is 0 Å². The van der Waals surface area contributed by atoms with Crippen LogP contribution >= 0.6 is 15.9 Å². The molecule has 0 amide bonds. The van der Waals surface area contributed by atoms with E-state index in [0.29, 0.717) is 4.47 Å². The van der Waals surface area contributed by atoms with E-state index in [9.17, 15) is 13.2 Å². The number of aliphatic hydroxyl groups excluding tert-OH is 1. The van der Waals surface area contributed by atoms with Crippen LogP contribution in [0.15, 0.2) is 22.7 Å². The molecule has 0 spiro atoms. The number of rotatable bonds is 3. The van der Waals surface area contributed by atoms with Gasteiger partial charge in [0, 0.05) is 11.0 Å². The smallest absolute Gasteiger partial charge is 0.382 e. The fourth-order valence-electron chi connectivity index (χ4n) is 1.11. The highest BCUT2D eigenvalue weighted by Gasteiger charge is 2.37. The summed E-state index contributed by atoms with van der Waals surface area (Å²) in [6, 6.07) is 6.50. The van der Waals surface area contributed by atoms with Crippen LogP contribution in [-0.2, 0) is 0 Å². The van der Waals surface area contributed by atoms with E-state index < -0.39 is 18.8 Å². The van der Waals surface area contributed by atoms with Crippen molar-refractivity contribution in [3.8, 4) is 6.07 Å². The molecular weight excluding hydrogens is 301 g/mol. The fraction of sp³-hybridized carbons (Fsp3) is 0.300. The standard InChI is InChI=1S/C10H8BrF3N2O/c11-7-2-1-3-8(6(7)4-15)16-5-9(17)10(12,13)14/h1-3,9,16-17H,5H2. The highest BCUT2D eigenvalue weighted by molar-refractivity contribution is 9.10. The topological polar surface area (TPSA) is 56.0 Å². The number of anilines is 1. The lowest BCUT2D eigenvalue weighted by Crippen LogP contribution is -2.35. The molecule has 3 nitrogen and oxygen atoms in total. The molecule has 0 radical (unpaired) electrons. The van der Waals surface area contributed by atoms with Crippen molar-refractivity contribution in [1.82, 2.24) is 0 Å². The van der Waals surface area contributed by atoms with Gasteiger partial charge in [-0.1, -0.05) is 6.07 Å². The van der Waals surface area contributed by atoms with Gasteiger partial charge in [-0.05, 0) is 28.1 Å². The molecule has 1 aromatic rings. The summed E-state index contributed by atoms with van der Waals surface area (Å²) >= 11 is 3.11. The van der Waals surface area contributed by atoms with Crippen molar-refractivity contribution in [3.63, 3.8) is 0 Å². The number of benzene rings is 1. The molecule has 0 aromatic heterocycles. The van der Waals surface area contributed by atoms with Crippen LogP contribution in [0.4, 0.5) is 18.9 Å². The minimum atomic E-state index is -4.67. The second kappa shape index (κ2) is 5.38. The Morgan fingerprint density at radius 3 is 2.65 bits per heavy atom. The van der Waals surface area contributed by atoms with Gasteiger partial charge in [-0.15, -0.1) is 0 Å². The number of nitrogens with zero attached hydrogens (tertiary/aromatic N) is 1. The summed E-state index contributed by atoms with van der Waals surface area (Å²) in [5.74, 6) is 0.